The van der Waals surface area contributed by atoms with Gasteiger partial charge in [0, 0.05) is 19.3 Å². The fraction of sp³-hybridized carbons (Fsp3) is 0.545. The molecule has 0 aromatic carbocycles. The number of anilines is 1. The van der Waals surface area contributed by atoms with Gasteiger partial charge < -0.3 is 10.4 Å². The first-order valence-electron chi connectivity index (χ1n) is 5.23. The minimum absolute atomic E-state index is 0.172. The van der Waals surface area contributed by atoms with Gasteiger partial charge in [0.1, 0.15) is 0 Å². The van der Waals surface area contributed by atoms with Crippen molar-refractivity contribution in [1.29, 1.82) is 0 Å². The zero-order chi connectivity index (χ0) is 11.1. The van der Waals surface area contributed by atoms with E-state index in [9.17, 15) is 4.39 Å². The highest BCUT2D eigenvalue weighted by Crippen LogP contribution is 2.12. The molecule has 0 spiro atoms. The van der Waals surface area contributed by atoms with E-state index in [-0.39, 0.29) is 18.2 Å². The minimum atomic E-state index is -0.337. The number of pyridine rings is 1. The number of aliphatic hydroxyl groups is 1. The van der Waals surface area contributed by atoms with Gasteiger partial charge in [0.05, 0.1) is 0 Å². The first kappa shape index (κ1) is 11.9. The molecule has 1 unspecified atom stereocenters. The van der Waals surface area contributed by atoms with Gasteiger partial charge in [-0.15, -0.1) is 0 Å². The average molecular weight is 212 g/mol. The van der Waals surface area contributed by atoms with Crippen LogP contribution in [0.4, 0.5) is 10.2 Å². The predicted octanol–water partition coefficient (Wildman–Crippen LogP) is 2.04. The topological polar surface area (TPSA) is 45.1 Å². The van der Waals surface area contributed by atoms with Crippen LogP contribution in [-0.2, 0) is 0 Å². The molecule has 1 aromatic rings. The van der Waals surface area contributed by atoms with Crippen molar-refractivity contribution in [2.24, 2.45) is 5.92 Å². The maximum absolute atomic E-state index is 13.2. The maximum Gasteiger partial charge on any atom is 0.165 e. The van der Waals surface area contributed by atoms with Crippen LogP contribution in [0.3, 0.4) is 0 Å². The van der Waals surface area contributed by atoms with Crippen LogP contribution in [0.25, 0.3) is 0 Å². The van der Waals surface area contributed by atoms with E-state index in [1.165, 1.54) is 6.07 Å². The smallest absolute Gasteiger partial charge is 0.165 e. The van der Waals surface area contributed by atoms with Gasteiger partial charge in [-0.25, -0.2) is 9.37 Å². The lowest BCUT2D eigenvalue weighted by atomic mass is 10.0. The summed E-state index contributed by atoms with van der Waals surface area (Å²) in [7, 11) is 0. The summed E-state index contributed by atoms with van der Waals surface area (Å²) in [6.07, 6.45) is 3.25. The van der Waals surface area contributed by atoms with Crippen molar-refractivity contribution in [3.63, 3.8) is 0 Å². The van der Waals surface area contributed by atoms with Crippen LogP contribution < -0.4 is 5.32 Å². The molecule has 0 saturated heterocycles. The van der Waals surface area contributed by atoms with Crippen LogP contribution in [-0.4, -0.2) is 23.2 Å². The number of halogens is 1. The molecule has 84 valence electrons. The van der Waals surface area contributed by atoms with Gasteiger partial charge in [-0.1, -0.05) is 13.3 Å². The molecule has 4 heteroatoms. The second-order valence-corrected chi connectivity index (χ2v) is 3.50. The van der Waals surface area contributed by atoms with Gasteiger partial charge in [-0.3, -0.25) is 0 Å². The number of rotatable bonds is 6. The zero-order valence-corrected chi connectivity index (χ0v) is 8.91. The molecular formula is C11H17FN2O. The molecule has 1 aromatic heterocycles. The Balaban J connectivity index is 2.45. The van der Waals surface area contributed by atoms with E-state index in [4.69, 9.17) is 5.11 Å². The summed E-state index contributed by atoms with van der Waals surface area (Å²) >= 11 is 0. The van der Waals surface area contributed by atoms with Crippen molar-refractivity contribution in [2.75, 3.05) is 18.5 Å². The molecule has 0 aliphatic rings. The van der Waals surface area contributed by atoms with Crippen LogP contribution in [0, 0.1) is 11.7 Å². The van der Waals surface area contributed by atoms with Crippen LogP contribution in [0.2, 0.25) is 0 Å². The van der Waals surface area contributed by atoms with E-state index in [0.717, 1.165) is 12.8 Å². The van der Waals surface area contributed by atoms with Crippen molar-refractivity contribution in [3.05, 3.63) is 24.1 Å². The highest BCUT2D eigenvalue weighted by molar-refractivity contribution is 5.35. The Bertz CT molecular complexity index is 294. The van der Waals surface area contributed by atoms with E-state index in [2.05, 4.69) is 17.2 Å². The highest BCUT2D eigenvalue weighted by Gasteiger charge is 2.07. The van der Waals surface area contributed by atoms with Crippen molar-refractivity contribution in [1.82, 2.24) is 4.98 Å². The molecule has 0 amide bonds. The van der Waals surface area contributed by atoms with Crippen LogP contribution in [0.5, 0.6) is 0 Å². The maximum atomic E-state index is 13.2. The van der Waals surface area contributed by atoms with Gasteiger partial charge in [-0.2, -0.15) is 0 Å². The van der Waals surface area contributed by atoms with Crippen LogP contribution in [0.1, 0.15) is 19.8 Å². The number of nitrogens with one attached hydrogen (secondary N) is 1. The van der Waals surface area contributed by atoms with Gasteiger partial charge in [0.15, 0.2) is 11.6 Å². The molecule has 0 fully saturated rings. The third kappa shape index (κ3) is 3.83. The Labute approximate surface area is 89.4 Å². The third-order valence-electron chi connectivity index (χ3n) is 2.43. The van der Waals surface area contributed by atoms with Crippen LogP contribution >= 0.6 is 0 Å². The lowest BCUT2D eigenvalue weighted by Gasteiger charge is -2.14. The van der Waals surface area contributed by atoms with E-state index in [1.807, 2.05) is 0 Å². The molecule has 0 saturated carbocycles. The van der Waals surface area contributed by atoms with E-state index in [0.29, 0.717) is 12.5 Å². The summed E-state index contributed by atoms with van der Waals surface area (Å²) in [5, 5.41) is 11.8. The fourth-order valence-electron chi connectivity index (χ4n) is 1.39. The second-order valence-electron chi connectivity index (χ2n) is 3.50. The van der Waals surface area contributed by atoms with E-state index >= 15 is 0 Å². The summed E-state index contributed by atoms with van der Waals surface area (Å²) < 4.78 is 13.2. The normalized spacial score (nSPS) is 12.5. The van der Waals surface area contributed by atoms with Gasteiger partial charge in [0.2, 0.25) is 0 Å². The molecule has 0 radical (unpaired) electrons. The molecule has 3 nitrogen and oxygen atoms in total. The first-order valence-corrected chi connectivity index (χ1v) is 5.23. The summed E-state index contributed by atoms with van der Waals surface area (Å²) in [6.45, 7) is 2.87. The van der Waals surface area contributed by atoms with Crippen molar-refractivity contribution < 1.29 is 9.50 Å². The van der Waals surface area contributed by atoms with Gasteiger partial charge in [-0.05, 0) is 24.5 Å². The summed E-state index contributed by atoms with van der Waals surface area (Å²) in [5.74, 6) is 0.307. The number of aromatic nitrogens is 1. The molecular weight excluding hydrogens is 195 g/mol. The summed E-state index contributed by atoms with van der Waals surface area (Å²) in [5.41, 5.74) is 0. The quantitative estimate of drug-likeness (QED) is 0.758. The third-order valence-corrected chi connectivity index (χ3v) is 2.43. The summed E-state index contributed by atoms with van der Waals surface area (Å²) in [6, 6.07) is 2.94. The fourth-order valence-corrected chi connectivity index (χ4v) is 1.39. The molecule has 0 bridgehead atoms. The Morgan fingerprint density at radius 1 is 1.60 bits per heavy atom. The monoisotopic (exact) mass is 212 g/mol. The lowest BCUT2D eigenvalue weighted by Crippen LogP contribution is -2.16. The molecule has 1 atom stereocenters. The number of nitrogens with zero attached hydrogens (tertiary/aromatic N) is 1. The standard InChI is InChI=1S/C11H17FN2O/c1-2-9(5-7-15)8-14-11-10(12)4-3-6-13-11/h3-4,6,9,15H,2,5,7-8H2,1H3,(H,13,14). The highest BCUT2D eigenvalue weighted by atomic mass is 19.1. The predicted molar refractivity (Wildman–Crippen MR) is 58.2 cm³/mol. The van der Waals surface area contributed by atoms with Crippen molar-refractivity contribution >= 4 is 5.82 Å². The summed E-state index contributed by atoms with van der Waals surface area (Å²) in [4.78, 5) is 3.90. The lowest BCUT2D eigenvalue weighted by molar-refractivity contribution is 0.258. The first-order chi connectivity index (χ1) is 7.27. The minimum Gasteiger partial charge on any atom is -0.396 e. The van der Waals surface area contributed by atoms with Crippen molar-refractivity contribution in [2.45, 2.75) is 19.8 Å². The van der Waals surface area contributed by atoms with E-state index < -0.39 is 0 Å². The molecule has 1 heterocycles. The second kappa shape index (κ2) is 6.35. The molecule has 0 aliphatic carbocycles. The van der Waals surface area contributed by atoms with Crippen molar-refractivity contribution in [3.8, 4) is 0 Å². The Morgan fingerprint density at radius 2 is 2.40 bits per heavy atom. The Hall–Kier alpha value is -1.16. The average Bonchev–Trinajstić information content (AvgIpc) is 2.26. The van der Waals surface area contributed by atoms with Gasteiger partial charge in [0.25, 0.3) is 0 Å². The SMILES string of the molecule is CCC(CCO)CNc1ncccc1F. The molecule has 1 rings (SSSR count). The Kier molecular flexibility index (Phi) is 5.04. The van der Waals surface area contributed by atoms with Gasteiger partial charge >= 0.3 is 0 Å². The number of aliphatic hydroxyl groups excluding tert-OH is 1. The number of hydrogen-bond acceptors (Lipinski definition) is 3. The van der Waals surface area contributed by atoms with E-state index in [1.54, 1.807) is 12.3 Å². The largest absolute Gasteiger partial charge is 0.396 e. The number of hydrogen-bond donors (Lipinski definition) is 2. The molecule has 0 aliphatic heterocycles. The zero-order valence-electron chi connectivity index (χ0n) is 8.91. The van der Waals surface area contributed by atoms with Crippen LogP contribution in [0.15, 0.2) is 18.3 Å². The molecule has 15 heavy (non-hydrogen) atoms. The Morgan fingerprint density at radius 3 is 3.00 bits per heavy atom. The molecule has 2 N–H and O–H groups in total.